The first kappa shape index (κ1) is 20.7. The van der Waals surface area contributed by atoms with Gasteiger partial charge in [0.2, 0.25) is 5.91 Å². The van der Waals surface area contributed by atoms with Gasteiger partial charge >= 0.3 is 0 Å². The Morgan fingerprint density at radius 2 is 1.68 bits per heavy atom. The first-order chi connectivity index (χ1) is 13.5. The van der Waals surface area contributed by atoms with Crippen molar-refractivity contribution >= 4 is 29.5 Å². The summed E-state index contributed by atoms with van der Waals surface area (Å²) in [5, 5.41) is 7.93. The van der Waals surface area contributed by atoms with Gasteiger partial charge in [-0.2, -0.15) is 0 Å². The molecule has 3 N–H and O–H groups in total. The molecule has 2 aromatic carbocycles. The fourth-order valence-corrected chi connectivity index (χ4v) is 2.28. The van der Waals surface area contributed by atoms with Crippen molar-refractivity contribution in [3.8, 4) is 5.75 Å². The Morgan fingerprint density at radius 1 is 1.00 bits per heavy atom. The van der Waals surface area contributed by atoms with Crippen LogP contribution in [0.3, 0.4) is 0 Å². The molecule has 0 aromatic heterocycles. The molecule has 0 radical (unpaired) electrons. The highest BCUT2D eigenvalue weighted by Gasteiger charge is 2.03. The number of anilines is 1. The van der Waals surface area contributed by atoms with E-state index in [0.29, 0.717) is 23.5 Å². The van der Waals surface area contributed by atoms with Crippen molar-refractivity contribution in [3.63, 3.8) is 0 Å². The van der Waals surface area contributed by atoms with Gasteiger partial charge in [0.1, 0.15) is 5.75 Å². The van der Waals surface area contributed by atoms with Gasteiger partial charge in [-0.15, -0.1) is 0 Å². The second-order valence-electron chi connectivity index (χ2n) is 5.79. The molecule has 0 bridgehead atoms. The number of amides is 3. The van der Waals surface area contributed by atoms with Crippen molar-refractivity contribution in [1.29, 1.82) is 0 Å². The number of ether oxygens (including phenoxy) is 1. The van der Waals surface area contributed by atoms with Crippen LogP contribution >= 0.6 is 0 Å². The third kappa shape index (κ3) is 6.60. The molecule has 0 atom stereocenters. The van der Waals surface area contributed by atoms with Gasteiger partial charge in [0.25, 0.3) is 11.8 Å². The topological polar surface area (TPSA) is 96.5 Å². The van der Waals surface area contributed by atoms with Crippen LogP contribution in [-0.2, 0) is 9.59 Å². The van der Waals surface area contributed by atoms with Crippen LogP contribution in [0, 0.1) is 0 Å². The zero-order chi connectivity index (χ0) is 20.4. The lowest BCUT2D eigenvalue weighted by molar-refractivity contribution is -0.123. The van der Waals surface area contributed by atoms with Gasteiger partial charge in [0, 0.05) is 30.9 Å². The smallest absolute Gasteiger partial charge is 0.257 e. The van der Waals surface area contributed by atoms with Crippen LogP contribution in [0.1, 0.15) is 22.8 Å². The predicted molar refractivity (Wildman–Crippen MR) is 108 cm³/mol. The van der Waals surface area contributed by atoms with Crippen molar-refractivity contribution in [1.82, 2.24) is 10.6 Å². The molecule has 7 nitrogen and oxygen atoms in total. The highest BCUT2D eigenvalue weighted by molar-refractivity contribution is 6.02. The minimum absolute atomic E-state index is 0.0546. The molecule has 0 spiro atoms. The van der Waals surface area contributed by atoms with E-state index < -0.39 is 0 Å². The average Bonchev–Trinajstić information content (AvgIpc) is 2.72. The lowest BCUT2D eigenvalue weighted by Crippen LogP contribution is -2.28. The van der Waals surface area contributed by atoms with E-state index in [0.717, 1.165) is 5.56 Å². The molecule has 0 heterocycles. The summed E-state index contributed by atoms with van der Waals surface area (Å²) >= 11 is 0. The summed E-state index contributed by atoms with van der Waals surface area (Å²) in [5.74, 6) is -0.0950. The maximum absolute atomic E-state index is 12.0. The van der Waals surface area contributed by atoms with Gasteiger partial charge in [-0.1, -0.05) is 12.1 Å². The molecule has 0 aliphatic heterocycles. The van der Waals surface area contributed by atoms with E-state index in [1.807, 2.05) is 6.92 Å². The number of nitrogens with one attached hydrogen (secondary N) is 3. The maximum Gasteiger partial charge on any atom is 0.257 e. The summed E-state index contributed by atoms with van der Waals surface area (Å²) in [5.41, 5.74) is 1.96. The second kappa shape index (κ2) is 10.5. The molecular weight excluding hydrogens is 358 g/mol. The van der Waals surface area contributed by atoms with Crippen molar-refractivity contribution in [2.75, 3.05) is 25.5 Å². The zero-order valence-electron chi connectivity index (χ0n) is 15.8. The quantitative estimate of drug-likeness (QED) is 0.611. The number of benzene rings is 2. The summed E-state index contributed by atoms with van der Waals surface area (Å²) in [6, 6.07) is 13.6. The molecule has 0 aliphatic carbocycles. The standard InChI is InChI=1S/C21H23N3O4/c1-3-23-20(26)14-28-18-11-9-17(10-12-18)24-19(25)13-6-15-4-7-16(8-5-15)21(27)22-2/h4-13H,3,14H2,1-2H3,(H,22,27)(H,23,26)(H,24,25)/b13-6+. The van der Waals surface area contributed by atoms with Crippen molar-refractivity contribution in [2.24, 2.45) is 0 Å². The maximum atomic E-state index is 12.0. The highest BCUT2D eigenvalue weighted by Crippen LogP contribution is 2.16. The van der Waals surface area contributed by atoms with Gasteiger partial charge in [-0.05, 0) is 55.0 Å². The van der Waals surface area contributed by atoms with E-state index in [1.54, 1.807) is 61.7 Å². The van der Waals surface area contributed by atoms with Gasteiger partial charge in [0.15, 0.2) is 6.61 Å². The molecule has 0 saturated carbocycles. The third-order valence-corrected chi connectivity index (χ3v) is 3.69. The Labute approximate surface area is 163 Å². The summed E-state index contributed by atoms with van der Waals surface area (Å²) in [4.78, 5) is 34.9. The van der Waals surface area contributed by atoms with E-state index >= 15 is 0 Å². The van der Waals surface area contributed by atoms with Crippen LogP contribution in [0.4, 0.5) is 5.69 Å². The fraction of sp³-hybridized carbons (Fsp3) is 0.190. The van der Waals surface area contributed by atoms with E-state index in [1.165, 1.54) is 6.08 Å². The number of hydrogen-bond donors (Lipinski definition) is 3. The molecule has 2 aromatic rings. The van der Waals surface area contributed by atoms with E-state index in [9.17, 15) is 14.4 Å². The van der Waals surface area contributed by atoms with Crippen LogP contribution in [0.15, 0.2) is 54.6 Å². The Morgan fingerprint density at radius 3 is 2.29 bits per heavy atom. The normalized spacial score (nSPS) is 10.4. The van der Waals surface area contributed by atoms with Gasteiger partial charge in [0.05, 0.1) is 0 Å². The first-order valence-corrected chi connectivity index (χ1v) is 8.82. The van der Waals surface area contributed by atoms with Crippen molar-refractivity contribution in [3.05, 3.63) is 65.7 Å². The summed E-state index contributed by atoms with van der Waals surface area (Å²) in [7, 11) is 1.57. The van der Waals surface area contributed by atoms with Gasteiger partial charge in [-0.25, -0.2) is 0 Å². The summed E-state index contributed by atoms with van der Waals surface area (Å²) < 4.78 is 5.35. The summed E-state index contributed by atoms with van der Waals surface area (Å²) in [6.45, 7) is 2.34. The Kier molecular flexibility index (Phi) is 7.77. The van der Waals surface area contributed by atoms with E-state index in [4.69, 9.17) is 4.74 Å². The number of carbonyl (C=O) groups is 3. The largest absolute Gasteiger partial charge is 0.484 e. The number of rotatable bonds is 8. The minimum Gasteiger partial charge on any atom is -0.484 e. The third-order valence-electron chi connectivity index (χ3n) is 3.69. The molecule has 0 aliphatic rings. The van der Waals surface area contributed by atoms with Crippen LogP contribution in [-0.4, -0.2) is 37.9 Å². The molecule has 146 valence electrons. The number of likely N-dealkylation sites (N-methyl/N-ethyl adjacent to an activating group) is 1. The van der Waals surface area contributed by atoms with Crippen molar-refractivity contribution < 1.29 is 19.1 Å². The van der Waals surface area contributed by atoms with E-state index in [-0.39, 0.29) is 24.3 Å². The predicted octanol–water partition coefficient (Wildman–Crippen LogP) is 2.21. The molecular formula is C21H23N3O4. The number of hydrogen-bond acceptors (Lipinski definition) is 4. The zero-order valence-corrected chi connectivity index (χ0v) is 15.8. The Bertz CT molecular complexity index is 843. The number of carbonyl (C=O) groups excluding carboxylic acids is 3. The molecule has 0 fully saturated rings. The van der Waals surface area contributed by atoms with Crippen molar-refractivity contribution in [2.45, 2.75) is 6.92 Å². The Balaban J connectivity index is 1.86. The Hall–Kier alpha value is -3.61. The minimum atomic E-state index is -0.286. The van der Waals surface area contributed by atoms with Gasteiger partial charge in [-0.3, -0.25) is 14.4 Å². The van der Waals surface area contributed by atoms with Crippen LogP contribution in [0.5, 0.6) is 5.75 Å². The van der Waals surface area contributed by atoms with E-state index in [2.05, 4.69) is 16.0 Å². The first-order valence-electron chi connectivity index (χ1n) is 8.82. The molecule has 0 saturated heterocycles. The molecule has 0 unspecified atom stereocenters. The van der Waals surface area contributed by atoms with Gasteiger partial charge < -0.3 is 20.7 Å². The molecule has 28 heavy (non-hydrogen) atoms. The molecule has 7 heteroatoms. The lowest BCUT2D eigenvalue weighted by atomic mass is 10.1. The van der Waals surface area contributed by atoms with Crippen LogP contribution in [0.2, 0.25) is 0 Å². The molecule has 3 amide bonds. The fourth-order valence-electron chi connectivity index (χ4n) is 2.28. The summed E-state index contributed by atoms with van der Waals surface area (Å²) in [6.07, 6.45) is 3.07. The molecule has 2 rings (SSSR count). The second-order valence-corrected chi connectivity index (χ2v) is 5.79. The monoisotopic (exact) mass is 381 g/mol. The van der Waals surface area contributed by atoms with Crippen LogP contribution < -0.4 is 20.7 Å². The lowest BCUT2D eigenvalue weighted by Gasteiger charge is -2.07. The average molecular weight is 381 g/mol. The SMILES string of the molecule is CCNC(=O)COc1ccc(NC(=O)/C=C/c2ccc(C(=O)NC)cc2)cc1. The van der Waals surface area contributed by atoms with Crippen LogP contribution in [0.25, 0.3) is 6.08 Å². The highest BCUT2D eigenvalue weighted by atomic mass is 16.5.